The Bertz CT molecular complexity index is 498. The van der Waals surface area contributed by atoms with E-state index in [0.717, 1.165) is 28.9 Å². The first kappa shape index (κ1) is 18.2. The maximum atomic E-state index is 12.2. The molecule has 0 saturated heterocycles. The summed E-state index contributed by atoms with van der Waals surface area (Å²) in [7, 11) is 0. The second kappa shape index (κ2) is 9.21. The van der Waals surface area contributed by atoms with Gasteiger partial charge in [0.25, 0.3) is 5.91 Å². The molecule has 0 aliphatic heterocycles. The molecule has 1 aromatic rings. The van der Waals surface area contributed by atoms with E-state index < -0.39 is 6.10 Å². The van der Waals surface area contributed by atoms with Crippen molar-refractivity contribution < 1.29 is 9.53 Å². The monoisotopic (exact) mass is 335 g/mol. The van der Waals surface area contributed by atoms with Gasteiger partial charge in [-0.15, -0.1) is 0 Å². The van der Waals surface area contributed by atoms with Gasteiger partial charge in [-0.25, -0.2) is 0 Å². The lowest BCUT2D eigenvalue weighted by Gasteiger charge is -2.19. The molecule has 1 aliphatic carbocycles. The van der Waals surface area contributed by atoms with Gasteiger partial charge >= 0.3 is 0 Å². The van der Waals surface area contributed by atoms with Crippen molar-refractivity contribution in [2.45, 2.75) is 63.7 Å². The number of ether oxygens (including phenoxy) is 1. The molecule has 1 fully saturated rings. The molecule has 1 N–H and O–H groups in total. The minimum absolute atomic E-state index is 0.0319. The minimum atomic E-state index is -0.466. The fourth-order valence-electron chi connectivity index (χ4n) is 2.91. The summed E-state index contributed by atoms with van der Waals surface area (Å²) in [5.41, 5.74) is 1.14. The van der Waals surface area contributed by atoms with Crippen LogP contribution in [0.4, 0.5) is 0 Å². The summed E-state index contributed by atoms with van der Waals surface area (Å²) >= 11 is 1.99. The molecule has 0 spiro atoms. The highest BCUT2D eigenvalue weighted by Crippen LogP contribution is 2.29. The van der Waals surface area contributed by atoms with Gasteiger partial charge in [0.05, 0.1) is 0 Å². The zero-order valence-electron chi connectivity index (χ0n) is 14.5. The predicted octanol–water partition coefficient (Wildman–Crippen LogP) is 4.37. The van der Waals surface area contributed by atoms with Crippen LogP contribution >= 0.6 is 11.8 Å². The van der Waals surface area contributed by atoms with E-state index in [4.69, 9.17) is 4.74 Å². The van der Waals surface area contributed by atoms with E-state index >= 15 is 0 Å². The molecule has 0 radical (unpaired) electrons. The molecule has 3 nitrogen and oxygen atoms in total. The summed E-state index contributed by atoms with van der Waals surface area (Å²) in [4.78, 5) is 12.2. The van der Waals surface area contributed by atoms with Crippen molar-refractivity contribution in [1.82, 2.24) is 5.32 Å². The first-order chi connectivity index (χ1) is 11.1. The Hall–Kier alpha value is -1.16. The van der Waals surface area contributed by atoms with Gasteiger partial charge in [0, 0.05) is 17.5 Å². The molecule has 1 amide bonds. The first-order valence-electron chi connectivity index (χ1n) is 8.73. The molecular formula is C19H29NO2S. The van der Waals surface area contributed by atoms with Crippen LogP contribution in [0.1, 0.15) is 57.9 Å². The van der Waals surface area contributed by atoms with Crippen molar-refractivity contribution in [1.29, 1.82) is 0 Å². The van der Waals surface area contributed by atoms with E-state index in [2.05, 4.69) is 25.2 Å². The Morgan fingerprint density at radius 2 is 1.96 bits per heavy atom. The lowest BCUT2D eigenvalue weighted by molar-refractivity contribution is -0.127. The number of para-hydroxylation sites is 1. The first-order valence-corrected chi connectivity index (χ1v) is 9.77. The van der Waals surface area contributed by atoms with Crippen molar-refractivity contribution in [2.24, 2.45) is 0 Å². The van der Waals surface area contributed by atoms with Gasteiger partial charge in [-0.05, 0) is 37.3 Å². The highest BCUT2D eigenvalue weighted by molar-refractivity contribution is 7.99. The molecule has 0 heterocycles. The zero-order chi connectivity index (χ0) is 16.7. The lowest BCUT2D eigenvalue weighted by atomic mass is 10.0. The summed E-state index contributed by atoms with van der Waals surface area (Å²) in [5, 5.41) is 3.79. The largest absolute Gasteiger partial charge is 0.481 e. The van der Waals surface area contributed by atoms with Gasteiger partial charge in [-0.1, -0.05) is 44.9 Å². The van der Waals surface area contributed by atoms with Crippen LogP contribution in [-0.4, -0.2) is 29.6 Å². The Balaban J connectivity index is 1.74. The van der Waals surface area contributed by atoms with Gasteiger partial charge < -0.3 is 10.1 Å². The predicted molar refractivity (Wildman–Crippen MR) is 98.3 cm³/mol. The number of carbonyl (C=O) groups is 1. The van der Waals surface area contributed by atoms with Gasteiger partial charge in [0.1, 0.15) is 5.75 Å². The SMILES string of the molecule is CC(C)c1ccccc1O[C@H](C)C(=O)NCCSC1CCCC1. The summed E-state index contributed by atoms with van der Waals surface area (Å²) in [6.07, 6.45) is 4.94. The van der Waals surface area contributed by atoms with Crippen LogP contribution in [0, 0.1) is 0 Å². The number of benzene rings is 1. The average Bonchev–Trinajstić information content (AvgIpc) is 3.05. The molecule has 0 unspecified atom stereocenters. The summed E-state index contributed by atoms with van der Waals surface area (Å²) < 4.78 is 5.88. The van der Waals surface area contributed by atoms with Crippen LogP contribution in [0.3, 0.4) is 0 Å². The molecule has 128 valence electrons. The van der Waals surface area contributed by atoms with Crippen LogP contribution in [0.5, 0.6) is 5.75 Å². The molecule has 1 aliphatic rings. The molecule has 2 rings (SSSR count). The Kier molecular flexibility index (Phi) is 7.28. The van der Waals surface area contributed by atoms with Gasteiger partial charge in [-0.3, -0.25) is 4.79 Å². The number of thioether (sulfide) groups is 1. The summed E-state index contributed by atoms with van der Waals surface area (Å²) in [5.74, 6) is 2.15. The number of nitrogens with one attached hydrogen (secondary N) is 1. The standard InChI is InChI=1S/C19H29NO2S/c1-14(2)17-10-6-7-11-18(17)22-15(3)19(21)20-12-13-23-16-8-4-5-9-16/h6-7,10-11,14-16H,4-5,8-9,12-13H2,1-3H3,(H,20,21)/t15-/m1/s1. The lowest BCUT2D eigenvalue weighted by Crippen LogP contribution is -2.37. The van der Waals surface area contributed by atoms with Crippen LogP contribution in [0.2, 0.25) is 0 Å². The van der Waals surface area contributed by atoms with E-state index in [1.54, 1.807) is 0 Å². The molecule has 0 aromatic heterocycles. The fourth-order valence-corrected chi connectivity index (χ4v) is 4.13. The topological polar surface area (TPSA) is 38.3 Å². The van der Waals surface area contributed by atoms with Crippen LogP contribution < -0.4 is 10.1 Å². The maximum Gasteiger partial charge on any atom is 0.260 e. The number of rotatable bonds is 8. The second-order valence-corrected chi connectivity index (χ2v) is 7.93. The molecule has 23 heavy (non-hydrogen) atoms. The van der Waals surface area contributed by atoms with Gasteiger partial charge in [0.2, 0.25) is 0 Å². The average molecular weight is 336 g/mol. The van der Waals surface area contributed by atoms with Gasteiger partial charge in [-0.2, -0.15) is 11.8 Å². The van der Waals surface area contributed by atoms with Crippen LogP contribution in [0.15, 0.2) is 24.3 Å². The van der Waals surface area contributed by atoms with Gasteiger partial charge in [0.15, 0.2) is 6.10 Å². The third kappa shape index (κ3) is 5.76. The third-order valence-electron chi connectivity index (χ3n) is 4.27. The van der Waals surface area contributed by atoms with Crippen LogP contribution in [0.25, 0.3) is 0 Å². The van der Waals surface area contributed by atoms with E-state index in [0.29, 0.717) is 5.92 Å². The molecule has 1 saturated carbocycles. The van der Waals surface area contributed by atoms with Crippen molar-refractivity contribution in [3.8, 4) is 5.75 Å². The highest BCUT2D eigenvalue weighted by Gasteiger charge is 2.18. The van der Waals surface area contributed by atoms with Crippen molar-refractivity contribution in [3.05, 3.63) is 29.8 Å². The smallest absolute Gasteiger partial charge is 0.260 e. The molecular weight excluding hydrogens is 306 g/mol. The molecule has 1 aromatic carbocycles. The Labute approximate surface area is 144 Å². The maximum absolute atomic E-state index is 12.2. The van der Waals surface area contributed by atoms with E-state index in [9.17, 15) is 4.79 Å². The molecule has 0 bridgehead atoms. The zero-order valence-corrected chi connectivity index (χ0v) is 15.3. The Morgan fingerprint density at radius 1 is 1.26 bits per heavy atom. The molecule has 4 heteroatoms. The Morgan fingerprint density at radius 3 is 2.65 bits per heavy atom. The normalized spacial score (nSPS) is 16.5. The number of hydrogen-bond acceptors (Lipinski definition) is 3. The molecule has 1 atom stereocenters. The quantitative estimate of drug-likeness (QED) is 0.717. The number of amides is 1. The second-order valence-electron chi connectivity index (χ2n) is 6.52. The number of hydrogen-bond donors (Lipinski definition) is 1. The van der Waals surface area contributed by atoms with Crippen molar-refractivity contribution in [2.75, 3.05) is 12.3 Å². The highest BCUT2D eigenvalue weighted by atomic mass is 32.2. The van der Waals surface area contributed by atoms with Crippen LogP contribution in [-0.2, 0) is 4.79 Å². The number of carbonyl (C=O) groups excluding carboxylic acids is 1. The fraction of sp³-hybridized carbons (Fsp3) is 0.632. The third-order valence-corrected chi connectivity index (χ3v) is 5.65. The van der Waals surface area contributed by atoms with Crippen molar-refractivity contribution in [3.63, 3.8) is 0 Å². The van der Waals surface area contributed by atoms with E-state index in [-0.39, 0.29) is 5.91 Å². The van der Waals surface area contributed by atoms with E-state index in [1.165, 1.54) is 25.7 Å². The minimum Gasteiger partial charge on any atom is -0.481 e. The summed E-state index contributed by atoms with van der Waals surface area (Å²) in [6, 6.07) is 7.95. The van der Waals surface area contributed by atoms with E-state index in [1.807, 2.05) is 36.9 Å². The summed E-state index contributed by atoms with van der Waals surface area (Å²) in [6.45, 7) is 6.80. The van der Waals surface area contributed by atoms with Crippen molar-refractivity contribution >= 4 is 17.7 Å².